The minimum Gasteiger partial charge on any atom is -0.431 e. The lowest BCUT2D eigenvalue weighted by Gasteiger charge is -2.18. The van der Waals surface area contributed by atoms with E-state index < -0.39 is 29.0 Å². The molecule has 0 aliphatic carbocycles. The highest BCUT2D eigenvalue weighted by Gasteiger charge is 2.40. The van der Waals surface area contributed by atoms with Gasteiger partial charge in [-0.25, -0.2) is 9.59 Å². The Hall–Kier alpha value is -3.60. The number of ether oxygens (including phenoxy) is 2. The molecule has 0 heterocycles. The first-order valence-electron chi connectivity index (χ1n) is 11.8. The van der Waals surface area contributed by atoms with Gasteiger partial charge in [-0.05, 0) is 67.4 Å². The third-order valence-corrected chi connectivity index (χ3v) is 5.52. The molecule has 13 heteroatoms. The lowest BCUT2D eigenvalue weighted by atomic mass is 10.2. The van der Waals surface area contributed by atoms with E-state index in [0.29, 0.717) is 12.3 Å². The number of benzene rings is 3. The highest BCUT2D eigenvalue weighted by molar-refractivity contribution is 6.44. The number of imide groups is 1. The van der Waals surface area contributed by atoms with Gasteiger partial charge < -0.3 is 20.1 Å². The average Bonchev–Trinajstić information content (AvgIpc) is 2.89. The number of halogens is 5. The minimum atomic E-state index is -3.77. The van der Waals surface area contributed by atoms with Gasteiger partial charge in [0.15, 0.2) is 0 Å². The van der Waals surface area contributed by atoms with Crippen molar-refractivity contribution in [3.63, 3.8) is 0 Å². The molecule has 3 rings (SSSR count). The molecule has 0 bridgehead atoms. The summed E-state index contributed by atoms with van der Waals surface area (Å²) in [5.41, 5.74) is 1.44. The standard InChI is InChI=1S/C16H11Cl3F2N2O3.C11H15NO2/c17-12-4-2-1-3-11(12)13(24)23-15(25)22-9-5-7-10(8-6-9)26-16(20,21)14(18)19;1-3-7-12-11(13)14-10-6-4-5-9(2)8-10/h1-8,14H,(H2,22,23,24,25);4-6,8H,3,7H2,1-2H3,(H,12,13). The number of aryl methyl sites for hydroxylation is 1. The lowest BCUT2D eigenvalue weighted by Crippen LogP contribution is -2.34. The first-order chi connectivity index (χ1) is 18.9. The van der Waals surface area contributed by atoms with E-state index in [1.165, 1.54) is 36.4 Å². The molecular formula is C27H26Cl3F2N3O5. The number of carbonyl (C=O) groups is 3. The molecule has 0 unspecified atom stereocenters. The quantitative estimate of drug-likeness (QED) is 0.226. The number of hydrogen-bond donors (Lipinski definition) is 3. The van der Waals surface area contributed by atoms with Crippen molar-refractivity contribution in [2.75, 3.05) is 11.9 Å². The average molecular weight is 617 g/mol. The van der Waals surface area contributed by atoms with Gasteiger partial charge in [-0.2, -0.15) is 8.78 Å². The molecule has 0 saturated carbocycles. The normalized spacial score (nSPS) is 10.6. The molecule has 4 amide bonds. The lowest BCUT2D eigenvalue weighted by molar-refractivity contribution is -0.163. The van der Waals surface area contributed by atoms with E-state index >= 15 is 0 Å². The van der Waals surface area contributed by atoms with Crippen LogP contribution in [0.1, 0.15) is 29.3 Å². The van der Waals surface area contributed by atoms with Gasteiger partial charge in [0.25, 0.3) is 5.91 Å². The molecule has 8 nitrogen and oxygen atoms in total. The van der Waals surface area contributed by atoms with Crippen molar-refractivity contribution in [3.8, 4) is 11.5 Å². The predicted octanol–water partition coefficient (Wildman–Crippen LogP) is 7.57. The van der Waals surface area contributed by atoms with Crippen LogP contribution in [0.5, 0.6) is 11.5 Å². The fourth-order valence-corrected chi connectivity index (χ4v) is 3.15. The molecule has 3 aromatic carbocycles. The number of hydrogen-bond acceptors (Lipinski definition) is 5. The summed E-state index contributed by atoms with van der Waals surface area (Å²) in [5, 5.41) is 7.29. The van der Waals surface area contributed by atoms with Gasteiger partial charge in [-0.1, -0.05) is 66.0 Å². The topological polar surface area (TPSA) is 106 Å². The highest BCUT2D eigenvalue weighted by atomic mass is 35.5. The van der Waals surface area contributed by atoms with E-state index in [4.69, 9.17) is 39.5 Å². The highest BCUT2D eigenvalue weighted by Crippen LogP contribution is 2.30. The van der Waals surface area contributed by atoms with Gasteiger partial charge in [0.2, 0.25) is 4.84 Å². The summed E-state index contributed by atoms with van der Waals surface area (Å²) < 4.78 is 35.9. The number of alkyl halides is 4. The molecule has 40 heavy (non-hydrogen) atoms. The Labute approximate surface area is 244 Å². The molecule has 0 saturated heterocycles. The SMILES string of the molecule is CCCNC(=O)Oc1cccc(C)c1.O=C(NC(=O)c1ccccc1Cl)Nc1ccc(OC(F)(F)C(Cl)Cl)cc1. The molecule has 0 aromatic heterocycles. The van der Waals surface area contributed by atoms with Gasteiger partial charge in [0, 0.05) is 12.2 Å². The van der Waals surface area contributed by atoms with Crippen molar-refractivity contribution in [3.05, 3.63) is 88.9 Å². The maximum Gasteiger partial charge on any atom is 0.428 e. The molecule has 0 fully saturated rings. The zero-order valence-corrected chi connectivity index (χ0v) is 23.6. The van der Waals surface area contributed by atoms with Crippen LogP contribution in [-0.4, -0.2) is 35.5 Å². The Morgan fingerprint density at radius 2 is 1.62 bits per heavy atom. The van der Waals surface area contributed by atoms with Gasteiger partial charge in [-0.15, -0.1) is 0 Å². The Kier molecular flexibility index (Phi) is 12.9. The van der Waals surface area contributed by atoms with E-state index in [2.05, 4.69) is 20.7 Å². The number of carbonyl (C=O) groups excluding carboxylic acids is 3. The fourth-order valence-electron chi connectivity index (χ4n) is 2.84. The zero-order valence-electron chi connectivity index (χ0n) is 21.4. The first kappa shape index (κ1) is 32.6. The third kappa shape index (κ3) is 11.3. The summed E-state index contributed by atoms with van der Waals surface area (Å²) in [5.74, 6) is -0.319. The number of anilines is 1. The monoisotopic (exact) mass is 615 g/mol. The van der Waals surface area contributed by atoms with Crippen LogP contribution in [0.4, 0.5) is 24.1 Å². The van der Waals surface area contributed by atoms with E-state index in [-0.39, 0.29) is 22.0 Å². The van der Waals surface area contributed by atoms with Crippen LogP contribution in [0.2, 0.25) is 5.02 Å². The van der Waals surface area contributed by atoms with Gasteiger partial charge in [0.05, 0.1) is 10.6 Å². The van der Waals surface area contributed by atoms with Crippen molar-refractivity contribution in [2.24, 2.45) is 0 Å². The number of rotatable bonds is 8. The minimum absolute atomic E-state index is 0.131. The summed E-state index contributed by atoms with van der Waals surface area (Å²) in [7, 11) is 0. The van der Waals surface area contributed by atoms with Crippen molar-refractivity contribution in [2.45, 2.75) is 31.2 Å². The van der Waals surface area contributed by atoms with E-state index in [0.717, 1.165) is 12.0 Å². The summed E-state index contributed by atoms with van der Waals surface area (Å²) in [6, 6.07) is 17.7. The number of nitrogens with one attached hydrogen (secondary N) is 3. The van der Waals surface area contributed by atoms with Gasteiger partial charge in [-0.3, -0.25) is 10.1 Å². The second-order valence-corrected chi connectivity index (χ2v) is 9.51. The van der Waals surface area contributed by atoms with E-state index in [1.54, 1.807) is 18.2 Å². The first-order valence-corrected chi connectivity index (χ1v) is 13.0. The predicted molar refractivity (Wildman–Crippen MR) is 151 cm³/mol. The van der Waals surface area contributed by atoms with Crippen LogP contribution in [-0.2, 0) is 0 Å². The molecule has 0 aliphatic heterocycles. The van der Waals surface area contributed by atoms with Crippen molar-refractivity contribution < 1.29 is 32.6 Å². The molecule has 0 spiro atoms. The Bertz CT molecular complexity index is 1290. The maximum absolute atomic E-state index is 13.3. The van der Waals surface area contributed by atoms with Crippen LogP contribution in [0.3, 0.4) is 0 Å². The van der Waals surface area contributed by atoms with Crippen LogP contribution >= 0.6 is 34.8 Å². The number of urea groups is 1. The summed E-state index contributed by atoms with van der Waals surface area (Å²) in [6.07, 6.45) is -3.25. The van der Waals surface area contributed by atoms with Crippen LogP contribution < -0.4 is 25.4 Å². The van der Waals surface area contributed by atoms with E-state index in [9.17, 15) is 23.2 Å². The smallest absolute Gasteiger partial charge is 0.428 e. The maximum atomic E-state index is 13.3. The molecule has 3 aromatic rings. The van der Waals surface area contributed by atoms with E-state index in [1.807, 2.05) is 32.0 Å². The zero-order chi connectivity index (χ0) is 29.7. The van der Waals surface area contributed by atoms with Gasteiger partial charge >= 0.3 is 18.2 Å². The second kappa shape index (κ2) is 15.9. The van der Waals surface area contributed by atoms with Crippen LogP contribution in [0, 0.1) is 6.92 Å². The molecule has 0 atom stereocenters. The van der Waals surface area contributed by atoms with Crippen molar-refractivity contribution in [1.82, 2.24) is 10.6 Å². The molecule has 3 N–H and O–H groups in total. The molecule has 0 radical (unpaired) electrons. The van der Waals surface area contributed by atoms with Crippen LogP contribution in [0.15, 0.2) is 72.8 Å². The van der Waals surface area contributed by atoms with Crippen molar-refractivity contribution in [1.29, 1.82) is 0 Å². The molecule has 214 valence electrons. The van der Waals surface area contributed by atoms with Gasteiger partial charge in [0.1, 0.15) is 11.5 Å². The fraction of sp³-hybridized carbons (Fsp3) is 0.222. The summed E-state index contributed by atoms with van der Waals surface area (Å²) in [6.45, 7) is 4.59. The van der Waals surface area contributed by atoms with Crippen molar-refractivity contribution >= 4 is 58.5 Å². The van der Waals surface area contributed by atoms with Crippen LogP contribution in [0.25, 0.3) is 0 Å². The summed E-state index contributed by atoms with van der Waals surface area (Å²) in [4.78, 5) is 32.9. The molecule has 0 aliphatic rings. The molecular weight excluding hydrogens is 591 g/mol. The Balaban J connectivity index is 0.000000337. The Morgan fingerprint density at radius 1 is 0.950 bits per heavy atom. The number of amides is 4. The Morgan fingerprint density at radius 3 is 2.23 bits per heavy atom. The largest absolute Gasteiger partial charge is 0.431 e. The summed E-state index contributed by atoms with van der Waals surface area (Å²) >= 11 is 16.1. The third-order valence-electron chi connectivity index (χ3n) is 4.69. The second-order valence-electron chi connectivity index (χ2n) is 8.01.